The van der Waals surface area contributed by atoms with Crippen LogP contribution < -0.4 is 10.1 Å². The number of aryl methyl sites for hydroxylation is 1. The van der Waals surface area contributed by atoms with E-state index in [0.29, 0.717) is 13.0 Å². The maximum absolute atomic E-state index is 13.8. The molecule has 8 heteroatoms. The molecule has 0 saturated carbocycles. The predicted octanol–water partition coefficient (Wildman–Crippen LogP) is 3.12. The van der Waals surface area contributed by atoms with Crippen molar-refractivity contribution < 1.29 is 22.3 Å². The summed E-state index contributed by atoms with van der Waals surface area (Å²) >= 11 is 0. The standard InChI is InChI=1S/C22H29FN2O4S/c1-17(2)29-20-12-10-18(11-13-20)7-6-14-24-22(26)16-25(30(3,27)28)15-19-8-4-5-9-21(19)23/h4-5,8-13,17H,6-7,14-16H2,1-3H3,(H,24,26). The van der Waals surface area contributed by atoms with E-state index in [1.165, 1.54) is 18.2 Å². The number of carbonyl (C=O) groups is 1. The van der Waals surface area contributed by atoms with Gasteiger partial charge in [0.25, 0.3) is 0 Å². The van der Waals surface area contributed by atoms with Crippen molar-refractivity contribution in [1.29, 1.82) is 0 Å². The van der Waals surface area contributed by atoms with Gasteiger partial charge in [-0.25, -0.2) is 12.8 Å². The number of sulfonamides is 1. The van der Waals surface area contributed by atoms with E-state index in [0.717, 1.165) is 28.3 Å². The summed E-state index contributed by atoms with van der Waals surface area (Å²) < 4.78 is 44.4. The number of nitrogens with zero attached hydrogens (tertiary/aromatic N) is 1. The molecule has 2 aromatic rings. The normalized spacial score (nSPS) is 11.7. The lowest BCUT2D eigenvalue weighted by molar-refractivity contribution is -0.121. The molecule has 164 valence electrons. The zero-order valence-electron chi connectivity index (χ0n) is 17.6. The molecule has 2 rings (SSSR count). The van der Waals surface area contributed by atoms with Gasteiger partial charge in [-0.1, -0.05) is 30.3 Å². The monoisotopic (exact) mass is 436 g/mol. The van der Waals surface area contributed by atoms with E-state index in [1.807, 2.05) is 38.1 Å². The maximum Gasteiger partial charge on any atom is 0.235 e. The third kappa shape index (κ3) is 8.12. The quantitative estimate of drug-likeness (QED) is 0.549. The van der Waals surface area contributed by atoms with Crippen molar-refractivity contribution in [2.24, 2.45) is 0 Å². The minimum absolute atomic E-state index is 0.121. The van der Waals surface area contributed by atoms with Gasteiger partial charge in [0.2, 0.25) is 15.9 Å². The highest BCUT2D eigenvalue weighted by atomic mass is 32.2. The van der Waals surface area contributed by atoms with Crippen molar-refractivity contribution in [2.45, 2.75) is 39.3 Å². The molecule has 0 heterocycles. The van der Waals surface area contributed by atoms with Crippen LogP contribution in [0.5, 0.6) is 5.75 Å². The van der Waals surface area contributed by atoms with Gasteiger partial charge in [0, 0.05) is 18.7 Å². The zero-order valence-corrected chi connectivity index (χ0v) is 18.4. The SMILES string of the molecule is CC(C)Oc1ccc(CCCNC(=O)CN(Cc2ccccc2F)S(C)(=O)=O)cc1. The Balaban J connectivity index is 1.81. The Labute approximate surface area is 178 Å². The second-order valence-corrected chi connectivity index (χ2v) is 9.37. The average molecular weight is 437 g/mol. The molecular formula is C22H29FN2O4S. The number of nitrogens with one attached hydrogen (secondary N) is 1. The summed E-state index contributed by atoms with van der Waals surface area (Å²) in [6, 6.07) is 13.7. The third-order valence-electron chi connectivity index (χ3n) is 4.35. The van der Waals surface area contributed by atoms with Crippen LogP contribution in [0.3, 0.4) is 0 Å². The number of benzene rings is 2. The van der Waals surface area contributed by atoms with E-state index in [9.17, 15) is 17.6 Å². The average Bonchev–Trinajstić information content (AvgIpc) is 2.66. The summed E-state index contributed by atoms with van der Waals surface area (Å²) in [5.41, 5.74) is 1.35. The van der Waals surface area contributed by atoms with Gasteiger partial charge >= 0.3 is 0 Å². The minimum atomic E-state index is -3.67. The summed E-state index contributed by atoms with van der Waals surface area (Å²) in [4.78, 5) is 12.2. The molecule has 0 aliphatic heterocycles. The molecule has 0 unspecified atom stereocenters. The van der Waals surface area contributed by atoms with Crippen molar-refractivity contribution >= 4 is 15.9 Å². The van der Waals surface area contributed by atoms with Gasteiger partial charge in [0.1, 0.15) is 11.6 Å². The minimum Gasteiger partial charge on any atom is -0.491 e. The van der Waals surface area contributed by atoms with Crippen molar-refractivity contribution in [3.8, 4) is 5.75 Å². The van der Waals surface area contributed by atoms with E-state index in [1.54, 1.807) is 6.07 Å². The summed E-state index contributed by atoms with van der Waals surface area (Å²) in [7, 11) is -3.67. The first-order valence-electron chi connectivity index (χ1n) is 9.86. The number of ether oxygens (including phenoxy) is 1. The smallest absolute Gasteiger partial charge is 0.235 e. The second-order valence-electron chi connectivity index (χ2n) is 7.39. The molecule has 2 aromatic carbocycles. The highest BCUT2D eigenvalue weighted by Crippen LogP contribution is 2.15. The van der Waals surface area contributed by atoms with E-state index in [-0.39, 0.29) is 24.8 Å². The molecular weight excluding hydrogens is 407 g/mol. The molecule has 0 fully saturated rings. The van der Waals surface area contributed by atoms with E-state index in [2.05, 4.69) is 5.32 Å². The molecule has 0 spiro atoms. The molecule has 6 nitrogen and oxygen atoms in total. The molecule has 1 amide bonds. The van der Waals surface area contributed by atoms with Crippen LogP contribution in [0.4, 0.5) is 4.39 Å². The number of halogens is 1. The van der Waals surface area contributed by atoms with Crippen molar-refractivity contribution in [2.75, 3.05) is 19.3 Å². The van der Waals surface area contributed by atoms with Crippen LogP contribution in [0.2, 0.25) is 0 Å². The first kappa shape index (κ1) is 23.8. The highest BCUT2D eigenvalue weighted by molar-refractivity contribution is 7.88. The Kier molecular flexibility index (Phi) is 8.80. The Morgan fingerprint density at radius 1 is 1.13 bits per heavy atom. The zero-order chi connectivity index (χ0) is 22.1. The van der Waals surface area contributed by atoms with Crippen molar-refractivity contribution in [1.82, 2.24) is 9.62 Å². The summed E-state index contributed by atoms with van der Waals surface area (Å²) in [6.45, 7) is 3.81. The van der Waals surface area contributed by atoms with Gasteiger partial charge in [0.15, 0.2) is 0 Å². The Bertz CT molecular complexity index is 930. The Morgan fingerprint density at radius 3 is 2.40 bits per heavy atom. The van der Waals surface area contributed by atoms with Crippen LogP contribution in [-0.2, 0) is 27.8 Å². The van der Waals surface area contributed by atoms with Crippen molar-refractivity contribution in [3.05, 3.63) is 65.5 Å². The van der Waals surface area contributed by atoms with Gasteiger partial charge in [-0.2, -0.15) is 4.31 Å². The lowest BCUT2D eigenvalue weighted by atomic mass is 10.1. The van der Waals surface area contributed by atoms with Gasteiger partial charge in [-0.15, -0.1) is 0 Å². The molecule has 0 aliphatic carbocycles. The van der Waals surface area contributed by atoms with Crippen LogP contribution in [0, 0.1) is 5.82 Å². The molecule has 0 aliphatic rings. The third-order valence-corrected chi connectivity index (χ3v) is 5.55. The summed E-state index contributed by atoms with van der Waals surface area (Å²) in [5, 5.41) is 2.73. The second kappa shape index (κ2) is 11.1. The van der Waals surface area contributed by atoms with E-state index < -0.39 is 21.7 Å². The predicted molar refractivity (Wildman–Crippen MR) is 115 cm³/mol. The maximum atomic E-state index is 13.8. The van der Waals surface area contributed by atoms with Crippen molar-refractivity contribution in [3.63, 3.8) is 0 Å². The number of hydrogen-bond donors (Lipinski definition) is 1. The molecule has 30 heavy (non-hydrogen) atoms. The molecule has 0 atom stereocenters. The topological polar surface area (TPSA) is 75.7 Å². The fraction of sp³-hybridized carbons (Fsp3) is 0.409. The highest BCUT2D eigenvalue weighted by Gasteiger charge is 2.21. The lowest BCUT2D eigenvalue weighted by Crippen LogP contribution is -2.40. The molecule has 0 saturated heterocycles. The fourth-order valence-electron chi connectivity index (χ4n) is 2.85. The van der Waals surface area contributed by atoms with Gasteiger partial charge in [0.05, 0.1) is 18.9 Å². The number of hydrogen-bond acceptors (Lipinski definition) is 4. The molecule has 0 radical (unpaired) electrons. The van der Waals surface area contributed by atoms with Crippen LogP contribution in [0.15, 0.2) is 48.5 Å². The number of rotatable bonds is 11. The van der Waals surface area contributed by atoms with Crippen LogP contribution >= 0.6 is 0 Å². The number of carbonyl (C=O) groups excluding carboxylic acids is 1. The number of amides is 1. The fourth-order valence-corrected chi connectivity index (χ4v) is 3.58. The first-order chi connectivity index (χ1) is 14.1. The van der Waals surface area contributed by atoms with E-state index >= 15 is 0 Å². The summed E-state index contributed by atoms with van der Waals surface area (Å²) in [5.74, 6) is -0.105. The Morgan fingerprint density at radius 2 is 1.80 bits per heavy atom. The largest absolute Gasteiger partial charge is 0.491 e. The van der Waals surface area contributed by atoms with Crippen LogP contribution in [0.1, 0.15) is 31.4 Å². The lowest BCUT2D eigenvalue weighted by Gasteiger charge is -2.20. The summed E-state index contributed by atoms with van der Waals surface area (Å²) in [6.07, 6.45) is 2.61. The van der Waals surface area contributed by atoms with Crippen LogP contribution in [0.25, 0.3) is 0 Å². The molecule has 1 N–H and O–H groups in total. The molecule has 0 bridgehead atoms. The van der Waals surface area contributed by atoms with Gasteiger partial charge in [-0.05, 0) is 50.5 Å². The van der Waals surface area contributed by atoms with Gasteiger partial charge < -0.3 is 10.1 Å². The first-order valence-corrected chi connectivity index (χ1v) is 11.7. The molecule has 0 aromatic heterocycles. The Hall–Kier alpha value is -2.45. The van der Waals surface area contributed by atoms with E-state index in [4.69, 9.17) is 4.74 Å². The van der Waals surface area contributed by atoms with Crippen LogP contribution in [-0.4, -0.2) is 44.1 Å². The van der Waals surface area contributed by atoms with Gasteiger partial charge in [-0.3, -0.25) is 4.79 Å².